The van der Waals surface area contributed by atoms with E-state index in [1.54, 1.807) is 22.9 Å². The largest absolute Gasteiger partial charge is 0.494 e. The lowest BCUT2D eigenvalue weighted by atomic mass is 10.2. The fourth-order valence-corrected chi connectivity index (χ4v) is 2.09. The first kappa shape index (κ1) is 13.1. The number of hydrogen-bond acceptors (Lipinski definition) is 4. The highest BCUT2D eigenvalue weighted by molar-refractivity contribution is 5.94. The molecule has 1 fully saturated rings. The summed E-state index contributed by atoms with van der Waals surface area (Å²) in [6, 6.07) is 4.13. The molecule has 1 aliphatic rings. The number of nitro groups is 1. The van der Waals surface area contributed by atoms with Crippen LogP contribution in [0.15, 0.2) is 18.2 Å². The van der Waals surface area contributed by atoms with Gasteiger partial charge < -0.3 is 9.64 Å². The smallest absolute Gasteiger partial charge is 0.324 e. The van der Waals surface area contributed by atoms with E-state index >= 15 is 0 Å². The van der Waals surface area contributed by atoms with Crippen molar-refractivity contribution in [1.29, 1.82) is 0 Å². The third-order valence-electron chi connectivity index (χ3n) is 3.10. The Labute approximate surface area is 110 Å². The van der Waals surface area contributed by atoms with E-state index in [9.17, 15) is 14.9 Å². The number of non-ortho nitro benzene ring substituents is 1. The van der Waals surface area contributed by atoms with E-state index in [-0.39, 0.29) is 11.7 Å². The molecule has 1 aliphatic heterocycles. The molecular formula is C12H15N3O4. The van der Waals surface area contributed by atoms with Crippen LogP contribution in [0.2, 0.25) is 0 Å². The Kier molecular flexibility index (Phi) is 3.55. The number of rotatable bonds is 3. The Morgan fingerprint density at radius 3 is 2.74 bits per heavy atom. The van der Waals surface area contributed by atoms with Gasteiger partial charge in [-0.05, 0) is 12.5 Å². The minimum atomic E-state index is -0.490. The normalized spacial score (nSPS) is 15.6. The van der Waals surface area contributed by atoms with Crippen LogP contribution < -0.4 is 9.64 Å². The molecule has 2 rings (SSSR count). The molecule has 0 aliphatic carbocycles. The first-order valence-electron chi connectivity index (χ1n) is 5.89. The number of ether oxygens (including phenoxy) is 1. The summed E-state index contributed by atoms with van der Waals surface area (Å²) in [6.45, 7) is 1.29. The molecule has 0 unspecified atom stereocenters. The maximum atomic E-state index is 12.1. The summed E-state index contributed by atoms with van der Waals surface area (Å²) in [7, 11) is 3.16. The number of carbonyl (C=O) groups is 1. The first-order valence-corrected chi connectivity index (χ1v) is 5.89. The lowest BCUT2D eigenvalue weighted by Crippen LogP contribution is -2.47. The van der Waals surface area contributed by atoms with Gasteiger partial charge in [-0.2, -0.15) is 0 Å². The molecule has 1 heterocycles. The number of nitro benzene ring substituents is 1. The predicted molar refractivity (Wildman–Crippen MR) is 69.6 cm³/mol. The van der Waals surface area contributed by atoms with Crippen LogP contribution in [0.5, 0.6) is 5.75 Å². The van der Waals surface area contributed by atoms with Crippen LogP contribution in [-0.4, -0.2) is 43.1 Å². The van der Waals surface area contributed by atoms with E-state index in [2.05, 4.69) is 0 Å². The van der Waals surface area contributed by atoms with E-state index < -0.39 is 4.92 Å². The highest BCUT2D eigenvalue weighted by Crippen LogP contribution is 2.33. The van der Waals surface area contributed by atoms with Gasteiger partial charge in [0.15, 0.2) is 0 Å². The molecule has 0 bridgehead atoms. The second-order valence-corrected chi connectivity index (χ2v) is 4.32. The summed E-state index contributed by atoms with van der Waals surface area (Å²) in [6.07, 6.45) is 0.850. The molecule has 2 amide bonds. The summed E-state index contributed by atoms with van der Waals surface area (Å²) in [5.74, 6) is 0.331. The average Bonchev–Trinajstić information content (AvgIpc) is 2.41. The molecule has 0 radical (unpaired) electrons. The monoisotopic (exact) mass is 265 g/mol. The van der Waals surface area contributed by atoms with Crippen LogP contribution in [0.25, 0.3) is 0 Å². The standard InChI is InChI=1S/C12H15N3O4/c1-13-6-3-7-14(12(13)16)10-5-4-9(15(17)18)8-11(10)19-2/h4-5,8H,3,6-7H2,1-2H3. The van der Waals surface area contributed by atoms with Gasteiger partial charge in [-0.3, -0.25) is 15.0 Å². The van der Waals surface area contributed by atoms with Crippen molar-refractivity contribution in [2.45, 2.75) is 6.42 Å². The summed E-state index contributed by atoms with van der Waals surface area (Å²) in [4.78, 5) is 25.5. The number of hydrogen-bond donors (Lipinski definition) is 0. The third kappa shape index (κ3) is 2.44. The zero-order chi connectivity index (χ0) is 14.0. The molecule has 0 spiro atoms. The lowest BCUT2D eigenvalue weighted by molar-refractivity contribution is -0.384. The summed E-state index contributed by atoms with van der Waals surface area (Å²) in [5, 5.41) is 10.7. The topological polar surface area (TPSA) is 75.9 Å². The van der Waals surface area contributed by atoms with Crippen LogP contribution in [-0.2, 0) is 0 Å². The number of urea groups is 1. The van der Waals surface area contributed by atoms with Gasteiger partial charge in [-0.15, -0.1) is 0 Å². The number of anilines is 1. The van der Waals surface area contributed by atoms with Crippen molar-refractivity contribution < 1.29 is 14.5 Å². The van der Waals surface area contributed by atoms with Gasteiger partial charge in [-0.25, -0.2) is 4.79 Å². The minimum absolute atomic E-state index is 0.0570. The maximum absolute atomic E-state index is 12.1. The van der Waals surface area contributed by atoms with E-state index in [1.165, 1.54) is 19.2 Å². The molecule has 0 N–H and O–H groups in total. The van der Waals surface area contributed by atoms with Gasteiger partial charge in [0.25, 0.3) is 5.69 Å². The number of nitrogens with zero attached hydrogens (tertiary/aromatic N) is 3. The molecule has 0 aromatic heterocycles. The molecule has 102 valence electrons. The Balaban J connectivity index is 2.38. The van der Waals surface area contributed by atoms with Gasteiger partial charge in [-0.1, -0.05) is 0 Å². The number of methoxy groups -OCH3 is 1. The molecule has 7 heteroatoms. The van der Waals surface area contributed by atoms with E-state index in [4.69, 9.17) is 4.74 Å². The molecule has 1 aromatic rings. The molecule has 19 heavy (non-hydrogen) atoms. The highest BCUT2D eigenvalue weighted by Gasteiger charge is 2.27. The molecule has 0 atom stereocenters. The van der Waals surface area contributed by atoms with Crippen LogP contribution in [0.3, 0.4) is 0 Å². The van der Waals surface area contributed by atoms with Crippen molar-refractivity contribution in [3.63, 3.8) is 0 Å². The van der Waals surface area contributed by atoms with Gasteiger partial charge in [0.1, 0.15) is 5.75 Å². The second-order valence-electron chi connectivity index (χ2n) is 4.32. The van der Waals surface area contributed by atoms with Gasteiger partial charge >= 0.3 is 6.03 Å². The van der Waals surface area contributed by atoms with Gasteiger partial charge in [0.05, 0.1) is 23.8 Å². The van der Waals surface area contributed by atoms with E-state index in [0.717, 1.165) is 6.42 Å². The third-order valence-corrected chi connectivity index (χ3v) is 3.10. The van der Waals surface area contributed by atoms with Crippen LogP contribution in [0, 0.1) is 10.1 Å². The maximum Gasteiger partial charge on any atom is 0.324 e. The Morgan fingerprint density at radius 2 is 2.11 bits per heavy atom. The van der Waals surface area contributed by atoms with Crippen molar-refractivity contribution in [2.24, 2.45) is 0 Å². The van der Waals surface area contributed by atoms with Gasteiger partial charge in [0, 0.05) is 26.2 Å². The van der Waals surface area contributed by atoms with E-state index in [0.29, 0.717) is 24.5 Å². The van der Waals surface area contributed by atoms with Crippen molar-refractivity contribution in [3.8, 4) is 5.75 Å². The van der Waals surface area contributed by atoms with Crippen molar-refractivity contribution in [3.05, 3.63) is 28.3 Å². The van der Waals surface area contributed by atoms with Crippen LogP contribution in [0.1, 0.15) is 6.42 Å². The Hall–Kier alpha value is -2.31. The van der Waals surface area contributed by atoms with Crippen molar-refractivity contribution in [1.82, 2.24) is 4.90 Å². The van der Waals surface area contributed by atoms with Crippen LogP contribution in [0.4, 0.5) is 16.2 Å². The number of carbonyl (C=O) groups excluding carboxylic acids is 1. The molecule has 1 saturated heterocycles. The predicted octanol–water partition coefficient (Wildman–Crippen LogP) is 1.87. The lowest BCUT2D eigenvalue weighted by Gasteiger charge is -2.33. The zero-order valence-electron chi connectivity index (χ0n) is 10.8. The van der Waals surface area contributed by atoms with Crippen molar-refractivity contribution in [2.75, 3.05) is 32.1 Å². The second kappa shape index (κ2) is 5.13. The number of benzene rings is 1. The fraction of sp³-hybridized carbons (Fsp3) is 0.417. The van der Waals surface area contributed by atoms with Crippen LogP contribution >= 0.6 is 0 Å². The first-order chi connectivity index (χ1) is 9.04. The summed E-state index contributed by atoms with van der Waals surface area (Å²) >= 11 is 0. The Morgan fingerprint density at radius 1 is 1.37 bits per heavy atom. The Bertz CT molecular complexity index is 518. The summed E-state index contributed by atoms with van der Waals surface area (Å²) < 4.78 is 5.16. The zero-order valence-corrected chi connectivity index (χ0v) is 10.8. The fourth-order valence-electron chi connectivity index (χ4n) is 2.09. The van der Waals surface area contributed by atoms with E-state index in [1.807, 2.05) is 0 Å². The molecular weight excluding hydrogens is 250 g/mol. The quantitative estimate of drug-likeness (QED) is 0.617. The SMILES string of the molecule is COc1cc([N+](=O)[O-])ccc1N1CCCN(C)C1=O. The molecule has 1 aromatic carbocycles. The van der Waals surface area contributed by atoms with Crippen molar-refractivity contribution >= 4 is 17.4 Å². The number of amides is 2. The molecule has 0 saturated carbocycles. The minimum Gasteiger partial charge on any atom is -0.494 e. The average molecular weight is 265 g/mol. The highest BCUT2D eigenvalue weighted by atomic mass is 16.6. The molecule has 7 nitrogen and oxygen atoms in total. The summed E-state index contributed by atoms with van der Waals surface area (Å²) in [5.41, 5.74) is 0.503. The van der Waals surface area contributed by atoms with Gasteiger partial charge in [0.2, 0.25) is 0 Å².